The van der Waals surface area contributed by atoms with Gasteiger partial charge in [-0.25, -0.2) is 4.39 Å². The minimum absolute atomic E-state index is 0.186. The molecule has 1 aromatic heterocycles. The van der Waals surface area contributed by atoms with E-state index < -0.39 is 0 Å². The van der Waals surface area contributed by atoms with Gasteiger partial charge < -0.3 is 5.32 Å². The smallest absolute Gasteiger partial charge is 0.131 e. The molecule has 0 aliphatic heterocycles. The Morgan fingerprint density at radius 1 is 1.32 bits per heavy atom. The van der Waals surface area contributed by atoms with Crippen molar-refractivity contribution in [2.24, 2.45) is 0 Å². The first-order valence-corrected chi connectivity index (χ1v) is 6.55. The average molecular weight is 261 g/mol. The van der Waals surface area contributed by atoms with Crippen LogP contribution in [0.1, 0.15) is 23.9 Å². The maximum Gasteiger partial charge on any atom is 0.131 e. The van der Waals surface area contributed by atoms with E-state index in [4.69, 9.17) is 0 Å². The molecule has 4 heteroatoms. The number of aromatic nitrogens is 2. The van der Waals surface area contributed by atoms with E-state index >= 15 is 0 Å². The van der Waals surface area contributed by atoms with E-state index in [0.29, 0.717) is 12.1 Å². The minimum Gasteiger partial charge on any atom is -0.316 e. The molecule has 3 nitrogen and oxygen atoms in total. The normalized spacial score (nSPS) is 11.0. The monoisotopic (exact) mass is 261 g/mol. The van der Waals surface area contributed by atoms with Crippen LogP contribution >= 0.6 is 0 Å². The lowest BCUT2D eigenvalue weighted by atomic mass is 10.0. The third-order valence-corrected chi connectivity index (χ3v) is 3.36. The first-order chi connectivity index (χ1) is 9.08. The molecule has 0 aliphatic rings. The van der Waals surface area contributed by atoms with Gasteiger partial charge in [0.1, 0.15) is 5.82 Å². The minimum atomic E-state index is -0.186. The Kier molecular flexibility index (Phi) is 4.00. The quantitative estimate of drug-likeness (QED) is 0.916. The fourth-order valence-corrected chi connectivity index (χ4v) is 2.47. The van der Waals surface area contributed by atoms with E-state index in [9.17, 15) is 4.39 Å². The number of hydrogen-bond donors (Lipinski definition) is 1. The van der Waals surface area contributed by atoms with Crippen molar-refractivity contribution in [2.45, 2.75) is 33.9 Å². The second-order valence-electron chi connectivity index (χ2n) is 4.71. The second kappa shape index (κ2) is 5.53. The fourth-order valence-electron chi connectivity index (χ4n) is 2.47. The molecule has 2 rings (SSSR count). The second-order valence-corrected chi connectivity index (χ2v) is 4.71. The number of rotatable bonds is 4. The molecule has 0 aliphatic carbocycles. The van der Waals surface area contributed by atoms with E-state index in [2.05, 4.69) is 10.4 Å². The molecule has 19 heavy (non-hydrogen) atoms. The predicted octanol–water partition coefficient (Wildman–Crippen LogP) is 3.05. The molecule has 0 fully saturated rings. The lowest BCUT2D eigenvalue weighted by Gasteiger charge is -2.07. The standard InChI is InChI=1S/C15H20FN3/c1-5-19-11(3)15(10(2)18-19)13-7-6-12(9-17-4)8-14(13)16/h6-8,17H,5,9H2,1-4H3. The summed E-state index contributed by atoms with van der Waals surface area (Å²) in [4.78, 5) is 0. The topological polar surface area (TPSA) is 29.9 Å². The molecule has 0 radical (unpaired) electrons. The van der Waals surface area contributed by atoms with Crippen molar-refractivity contribution in [3.05, 3.63) is 41.0 Å². The molecule has 0 bridgehead atoms. The van der Waals surface area contributed by atoms with Gasteiger partial charge >= 0.3 is 0 Å². The average Bonchev–Trinajstić information content (AvgIpc) is 2.66. The van der Waals surface area contributed by atoms with Crippen LogP contribution in [0.3, 0.4) is 0 Å². The van der Waals surface area contributed by atoms with Crippen molar-refractivity contribution >= 4 is 0 Å². The first kappa shape index (κ1) is 13.7. The van der Waals surface area contributed by atoms with Gasteiger partial charge in [-0.1, -0.05) is 12.1 Å². The predicted molar refractivity (Wildman–Crippen MR) is 75.5 cm³/mol. The fraction of sp³-hybridized carbons (Fsp3) is 0.400. The van der Waals surface area contributed by atoms with Gasteiger partial charge in [0.05, 0.1) is 5.69 Å². The van der Waals surface area contributed by atoms with Crippen LogP contribution in [0.15, 0.2) is 18.2 Å². The van der Waals surface area contributed by atoms with E-state index in [0.717, 1.165) is 29.1 Å². The number of hydrogen-bond acceptors (Lipinski definition) is 2. The Balaban J connectivity index is 2.50. The van der Waals surface area contributed by atoms with Gasteiger partial charge in [0.25, 0.3) is 0 Å². The zero-order chi connectivity index (χ0) is 14.0. The number of halogens is 1. The SMILES string of the molecule is CCn1nc(C)c(-c2ccc(CNC)cc2F)c1C. The van der Waals surface area contributed by atoms with Gasteiger partial charge in [0.15, 0.2) is 0 Å². The lowest BCUT2D eigenvalue weighted by Crippen LogP contribution is -2.05. The summed E-state index contributed by atoms with van der Waals surface area (Å²) >= 11 is 0. The van der Waals surface area contributed by atoms with Gasteiger partial charge in [-0.2, -0.15) is 5.10 Å². The first-order valence-electron chi connectivity index (χ1n) is 6.55. The molecule has 102 valence electrons. The third-order valence-electron chi connectivity index (χ3n) is 3.36. The molecular formula is C15H20FN3. The van der Waals surface area contributed by atoms with E-state index in [1.807, 2.05) is 44.6 Å². The summed E-state index contributed by atoms with van der Waals surface area (Å²) in [6.07, 6.45) is 0. The molecule has 0 saturated heterocycles. The van der Waals surface area contributed by atoms with Crippen molar-refractivity contribution in [2.75, 3.05) is 7.05 Å². The van der Waals surface area contributed by atoms with Crippen molar-refractivity contribution in [3.63, 3.8) is 0 Å². The molecule has 2 aromatic rings. The molecular weight excluding hydrogens is 241 g/mol. The molecule has 1 N–H and O–H groups in total. The van der Waals surface area contributed by atoms with E-state index in [-0.39, 0.29) is 5.82 Å². The molecule has 0 saturated carbocycles. The number of benzene rings is 1. The van der Waals surface area contributed by atoms with Crippen molar-refractivity contribution in [3.8, 4) is 11.1 Å². The van der Waals surface area contributed by atoms with Gasteiger partial charge in [-0.15, -0.1) is 0 Å². The molecule has 0 unspecified atom stereocenters. The van der Waals surface area contributed by atoms with E-state index in [1.165, 1.54) is 0 Å². The van der Waals surface area contributed by atoms with Crippen LogP contribution in [-0.4, -0.2) is 16.8 Å². The Morgan fingerprint density at radius 3 is 2.58 bits per heavy atom. The van der Waals surface area contributed by atoms with Crippen molar-refractivity contribution < 1.29 is 4.39 Å². The molecule has 0 amide bonds. The summed E-state index contributed by atoms with van der Waals surface area (Å²) in [5.41, 5.74) is 4.38. The molecule has 0 spiro atoms. The summed E-state index contributed by atoms with van der Waals surface area (Å²) in [5, 5.41) is 7.47. The maximum atomic E-state index is 14.3. The Labute approximate surface area is 113 Å². The summed E-state index contributed by atoms with van der Waals surface area (Å²) < 4.78 is 16.2. The van der Waals surface area contributed by atoms with Crippen molar-refractivity contribution in [1.82, 2.24) is 15.1 Å². The van der Waals surface area contributed by atoms with Crippen LogP contribution in [0.5, 0.6) is 0 Å². The highest BCUT2D eigenvalue weighted by Gasteiger charge is 2.16. The van der Waals surface area contributed by atoms with Crippen LogP contribution in [-0.2, 0) is 13.1 Å². The Hall–Kier alpha value is -1.68. The number of nitrogens with one attached hydrogen (secondary N) is 1. The number of nitrogens with zero attached hydrogens (tertiary/aromatic N) is 2. The van der Waals surface area contributed by atoms with Crippen LogP contribution in [0.25, 0.3) is 11.1 Å². The molecule has 1 aromatic carbocycles. The number of aryl methyl sites for hydroxylation is 2. The highest BCUT2D eigenvalue weighted by molar-refractivity contribution is 5.69. The van der Waals surface area contributed by atoms with E-state index in [1.54, 1.807) is 6.07 Å². The highest BCUT2D eigenvalue weighted by atomic mass is 19.1. The van der Waals surface area contributed by atoms with Crippen LogP contribution < -0.4 is 5.32 Å². The van der Waals surface area contributed by atoms with Crippen molar-refractivity contribution in [1.29, 1.82) is 0 Å². The summed E-state index contributed by atoms with van der Waals surface area (Å²) in [5.74, 6) is -0.186. The summed E-state index contributed by atoms with van der Waals surface area (Å²) in [7, 11) is 1.85. The van der Waals surface area contributed by atoms with Gasteiger partial charge in [0.2, 0.25) is 0 Å². The molecule has 1 heterocycles. The largest absolute Gasteiger partial charge is 0.316 e. The van der Waals surface area contributed by atoms with Gasteiger partial charge in [0, 0.05) is 29.9 Å². The zero-order valence-corrected chi connectivity index (χ0v) is 11.9. The summed E-state index contributed by atoms with van der Waals surface area (Å²) in [6, 6.07) is 5.39. The van der Waals surface area contributed by atoms with Crippen LogP contribution in [0.4, 0.5) is 4.39 Å². The van der Waals surface area contributed by atoms with Crippen LogP contribution in [0, 0.1) is 19.7 Å². The third kappa shape index (κ3) is 2.54. The zero-order valence-electron chi connectivity index (χ0n) is 11.9. The van der Waals surface area contributed by atoms with Gasteiger partial charge in [-0.3, -0.25) is 4.68 Å². The van der Waals surface area contributed by atoms with Gasteiger partial charge in [-0.05, 0) is 39.4 Å². The van der Waals surface area contributed by atoms with Crippen LogP contribution in [0.2, 0.25) is 0 Å². The Morgan fingerprint density at radius 2 is 2.05 bits per heavy atom. The maximum absolute atomic E-state index is 14.3. The Bertz CT molecular complexity index is 587. The highest BCUT2D eigenvalue weighted by Crippen LogP contribution is 2.29. The molecule has 0 atom stereocenters. The lowest BCUT2D eigenvalue weighted by molar-refractivity contribution is 0.626. The summed E-state index contributed by atoms with van der Waals surface area (Å²) in [6.45, 7) is 7.42.